The molecule has 0 saturated carbocycles. The summed E-state index contributed by atoms with van der Waals surface area (Å²) in [7, 11) is 0. The summed E-state index contributed by atoms with van der Waals surface area (Å²) in [5, 5.41) is 3.49. The van der Waals surface area contributed by atoms with E-state index < -0.39 is 0 Å². The first-order valence-electron chi connectivity index (χ1n) is 5.10. The van der Waals surface area contributed by atoms with Crippen LogP contribution in [0.2, 0.25) is 5.02 Å². The van der Waals surface area contributed by atoms with E-state index in [2.05, 4.69) is 10.3 Å². The molecular formula is C12H11ClN2OS. The highest BCUT2D eigenvalue weighted by Gasteiger charge is 2.11. The van der Waals surface area contributed by atoms with Gasteiger partial charge in [-0.15, -0.1) is 11.3 Å². The fourth-order valence-corrected chi connectivity index (χ4v) is 2.34. The molecule has 2 rings (SSSR count). The minimum Gasteiger partial charge on any atom is -0.347 e. The number of aryl methyl sites for hydroxylation is 1. The lowest BCUT2D eigenvalue weighted by molar-refractivity contribution is 0.0954. The lowest BCUT2D eigenvalue weighted by Gasteiger charge is -2.05. The van der Waals surface area contributed by atoms with Gasteiger partial charge in [0.15, 0.2) is 0 Å². The van der Waals surface area contributed by atoms with Crippen LogP contribution in [0.1, 0.15) is 20.9 Å². The SMILES string of the molecule is Cc1ncsc1C(=O)NCc1ccccc1Cl. The van der Waals surface area contributed by atoms with Gasteiger partial charge < -0.3 is 5.32 Å². The molecule has 0 saturated heterocycles. The molecule has 17 heavy (non-hydrogen) atoms. The Morgan fingerprint density at radius 3 is 2.88 bits per heavy atom. The molecule has 5 heteroatoms. The summed E-state index contributed by atoms with van der Waals surface area (Å²) in [5.74, 6) is -0.107. The molecule has 1 heterocycles. The van der Waals surface area contributed by atoms with Crippen molar-refractivity contribution in [3.8, 4) is 0 Å². The summed E-state index contributed by atoms with van der Waals surface area (Å²) in [4.78, 5) is 16.5. The molecule has 0 fully saturated rings. The second kappa shape index (κ2) is 5.29. The third kappa shape index (κ3) is 2.84. The van der Waals surface area contributed by atoms with Gasteiger partial charge in [0.2, 0.25) is 0 Å². The minimum absolute atomic E-state index is 0.107. The molecule has 0 bridgehead atoms. The molecule has 0 atom stereocenters. The number of amides is 1. The molecule has 0 aliphatic heterocycles. The normalized spacial score (nSPS) is 10.2. The Morgan fingerprint density at radius 1 is 1.47 bits per heavy atom. The number of thiazole rings is 1. The van der Waals surface area contributed by atoms with E-state index >= 15 is 0 Å². The Hall–Kier alpha value is -1.39. The van der Waals surface area contributed by atoms with Crippen LogP contribution >= 0.6 is 22.9 Å². The zero-order chi connectivity index (χ0) is 12.3. The molecule has 0 radical (unpaired) electrons. The number of benzene rings is 1. The summed E-state index contributed by atoms with van der Waals surface area (Å²) in [6.07, 6.45) is 0. The van der Waals surface area contributed by atoms with Crippen molar-refractivity contribution in [1.29, 1.82) is 0 Å². The molecule has 3 nitrogen and oxygen atoms in total. The van der Waals surface area contributed by atoms with Crippen molar-refractivity contribution in [3.63, 3.8) is 0 Å². The molecule has 1 aromatic carbocycles. The fraction of sp³-hybridized carbons (Fsp3) is 0.167. The maximum absolute atomic E-state index is 11.8. The third-order valence-electron chi connectivity index (χ3n) is 2.35. The molecule has 0 unspecified atom stereocenters. The Kier molecular flexibility index (Phi) is 3.76. The van der Waals surface area contributed by atoms with E-state index in [4.69, 9.17) is 11.6 Å². The molecule has 0 aliphatic rings. The number of aromatic nitrogens is 1. The second-order valence-electron chi connectivity index (χ2n) is 3.54. The number of nitrogens with one attached hydrogen (secondary N) is 1. The zero-order valence-corrected chi connectivity index (χ0v) is 10.8. The van der Waals surface area contributed by atoms with E-state index in [9.17, 15) is 4.79 Å². The number of hydrogen-bond donors (Lipinski definition) is 1. The first-order chi connectivity index (χ1) is 8.18. The lowest BCUT2D eigenvalue weighted by atomic mass is 10.2. The number of hydrogen-bond acceptors (Lipinski definition) is 3. The van der Waals surface area contributed by atoms with Gasteiger partial charge in [0.25, 0.3) is 5.91 Å². The predicted molar refractivity (Wildman–Crippen MR) is 69.5 cm³/mol. The standard InChI is InChI=1S/C12H11ClN2OS/c1-8-11(17-7-15-8)12(16)14-6-9-4-2-3-5-10(9)13/h2-5,7H,6H2,1H3,(H,14,16). The lowest BCUT2D eigenvalue weighted by Crippen LogP contribution is -2.22. The van der Waals surface area contributed by atoms with Gasteiger partial charge in [0, 0.05) is 11.6 Å². The van der Waals surface area contributed by atoms with E-state index in [1.807, 2.05) is 25.1 Å². The number of carbonyl (C=O) groups is 1. The number of carbonyl (C=O) groups excluding carboxylic acids is 1. The Balaban J connectivity index is 2.02. The van der Waals surface area contributed by atoms with E-state index in [0.29, 0.717) is 16.4 Å². The van der Waals surface area contributed by atoms with Crippen LogP contribution in [0.15, 0.2) is 29.8 Å². The number of nitrogens with zero attached hydrogens (tertiary/aromatic N) is 1. The second-order valence-corrected chi connectivity index (χ2v) is 4.80. The van der Waals surface area contributed by atoms with Crippen LogP contribution in [0.4, 0.5) is 0 Å². The molecule has 1 aromatic heterocycles. The smallest absolute Gasteiger partial charge is 0.263 e. The van der Waals surface area contributed by atoms with Crippen LogP contribution in [-0.4, -0.2) is 10.9 Å². The number of rotatable bonds is 3. The molecule has 0 aliphatic carbocycles. The van der Waals surface area contributed by atoms with Gasteiger partial charge in [-0.05, 0) is 18.6 Å². The fourth-order valence-electron chi connectivity index (χ4n) is 1.42. The largest absolute Gasteiger partial charge is 0.347 e. The highest BCUT2D eigenvalue weighted by Crippen LogP contribution is 2.15. The zero-order valence-electron chi connectivity index (χ0n) is 9.24. The molecule has 1 amide bonds. The summed E-state index contributed by atoms with van der Waals surface area (Å²) in [6.45, 7) is 2.25. The van der Waals surface area contributed by atoms with Gasteiger partial charge in [-0.1, -0.05) is 29.8 Å². The van der Waals surface area contributed by atoms with Crippen LogP contribution in [-0.2, 0) is 6.54 Å². The molecular weight excluding hydrogens is 256 g/mol. The molecule has 1 N–H and O–H groups in total. The first-order valence-corrected chi connectivity index (χ1v) is 6.36. The highest BCUT2D eigenvalue weighted by atomic mass is 35.5. The van der Waals surface area contributed by atoms with Crippen LogP contribution < -0.4 is 5.32 Å². The van der Waals surface area contributed by atoms with Gasteiger partial charge in [-0.3, -0.25) is 4.79 Å². The highest BCUT2D eigenvalue weighted by molar-refractivity contribution is 7.11. The Morgan fingerprint density at radius 2 is 2.24 bits per heavy atom. The van der Waals surface area contributed by atoms with Crippen LogP contribution in [0.25, 0.3) is 0 Å². The average molecular weight is 267 g/mol. The van der Waals surface area contributed by atoms with Crippen molar-refractivity contribution < 1.29 is 4.79 Å². The van der Waals surface area contributed by atoms with Gasteiger partial charge in [0.1, 0.15) is 4.88 Å². The van der Waals surface area contributed by atoms with Crippen molar-refractivity contribution >= 4 is 28.8 Å². The Labute approximate surface area is 108 Å². The molecule has 0 spiro atoms. The van der Waals surface area contributed by atoms with Crippen LogP contribution in [0, 0.1) is 6.92 Å². The van der Waals surface area contributed by atoms with Crippen molar-refractivity contribution in [1.82, 2.24) is 10.3 Å². The molecule has 2 aromatic rings. The topological polar surface area (TPSA) is 42.0 Å². The third-order valence-corrected chi connectivity index (χ3v) is 3.65. The van der Waals surface area contributed by atoms with Crippen molar-refractivity contribution in [2.75, 3.05) is 0 Å². The summed E-state index contributed by atoms with van der Waals surface area (Å²) in [6, 6.07) is 7.45. The predicted octanol–water partition coefficient (Wildman–Crippen LogP) is 3.03. The van der Waals surface area contributed by atoms with Gasteiger partial charge in [-0.25, -0.2) is 4.98 Å². The van der Waals surface area contributed by atoms with Crippen molar-refractivity contribution in [2.24, 2.45) is 0 Å². The summed E-state index contributed by atoms with van der Waals surface area (Å²) in [5.41, 5.74) is 3.33. The minimum atomic E-state index is -0.107. The maximum atomic E-state index is 11.8. The van der Waals surface area contributed by atoms with Gasteiger partial charge >= 0.3 is 0 Å². The first kappa shape index (κ1) is 12.1. The van der Waals surface area contributed by atoms with Gasteiger partial charge in [-0.2, -0.15) is 0 Å². The quantitative estimate of drug-likeness (QED) is 0.928. The van der Waals surface area contributed by atoms with Crippen LogP contribution in [0.5, 0.6) is 0 Å². The van der Waals surface area contributed by atoms with Crippen molar-refractivity contribution in [2.45, 2.75) is 13.5 Å². The monoisotopic (exact) mass is 266 g/mol. The Bertz CT molecular complexity index is 539. The molecule has 88 valence electrons. The van der Waals surface area contributed by atoms with E-state index in [1.54, 1.807) is 11.6 Å². The average Bonchev–Trinajstić information content (AvgIpc) is 2.74. The summed E-state index contributed by atoms with van der Waals surface area (Å²) >= 11 is 7.34. The van der Waals surface area contributed by atoms with E-state index in [1.165, 1.54) is 11.3 Å². The van der Waals surface area contributed by atoms with Crippen LogP contribution in [0.3, 0.4) is 0 Å². The van der Waals surface area contributed by atoms with Gasteiger partial charge in [0.05, 0.1) is 11.2 Å². The maximum Gasteiger partial charge on any atom is 0.263 e. The summed E-state index contributed by atoms with van der Waals surface area (Å²) < 4.78 is 0. The number of halogens is 1. The van der Waals surface area contributed by atoms with E-state index in [-0.39, 0.29) is 5.91 Å². The van der Waals surface area contributed by atoms with E-state index in [0.717, 1.165) is 11.3 Å². The van der Waals surface area contributed by atoms with Crippen molar-refractivity contribution in [3.05, 3.63) is 50.9 Å².